The first-order valence-electron chi connectivity index (χ1n) is 5.22. The zero-order valence-electron chi connectivity index (χ0n) is 9.84. The van der Waals surface area contributed by atoms with E-state index in [-0.39, 0.29) is 11.9 Å². The minimum absolute atomic E-state index is 0.0124. The number of amides is 1. The first kappa shape index (κ1) is 14.3. The van der Waals surface area contributed by atoms with Crippen molar-refractivity contribution in [1.82, 2.24) is 10.6 Å². The molecule has 15 heavy (non-hydrogen) atoms. The van der Waals surface area contributed by atoms with Gasteiger partial charge in [-0.25, -0.2) is 0 Å². The monoisotopic (exact) mass is 218 g/mol. The van der Waals surface area contributed by atoms with Gasteiger partial charge in [0.1, 0.15) is 0 Å². The van der Waals surface area contributed by atoms with Crippen LogP contribution in [0.3, 0.4) is 0 Å². The Balaban J connectivity index is 3.50. The van der Waals surface area contributed by atoms with Gasteiger partial charge in [0.25, 0.3) is 0 Å². The van der Waals surface area contributed by atoms with E-state index in [1.807, 2.05) is 0 Å². The van der Waals surface area contributed by atoms with Crippen molar-refractivity contribution in [3.05, 3.63) is 0 Å². The van der Waals surface area contributed by atoms with Crippen LogP contribution in [0.1, 0.15) is 13.3 Å². The van der Waals surface area contributed by atoms with Gasteiger partial charge in [0.15, 0.2) is 0 Å². The second-order valence-corrected chi connectivity index (χ2v) is 3.28. The minimum Gasteiger partial charge on any atom is -0.383 e. The summed E-state index contributed by atoms with van der Waals surface area (Å²) in [5.74, 6) is -0.0124. The van der Waals surface area contributed by atoms with Gasteiger partial charge < -0.3 is 20.1 Å². The lowest BCUT2D eigenvalue weighted by molar-refractivity contribution is -0.120. The van der Waals surface area contributed by atoms with E-state index in [9.17, 15) is 4.79 Å². The molecule has 0 aliphatic carbocycles. The fraction of sp³-hybridized carbons (Fsp3) is 0.900. The molecule has 0 heterocycles. The number of carbonyl (C=O) groups excluding carboxylic acids is 1. The minimum atomic E-state index is -0.0124. The second kappa shape index (κ2) is 9.89. The van der Waals surface area contributed by atoms with Crippen molar-refractivity contribution in [3.8, 4) is 0 Å². The Morgan fingerprint density at radius 3 is 2.60 bits per heavy atom. The largest absolute Gasteiger partial charge is 0.383 e. The molecule has 1 amide bonds. The van der Waals surface area contributed by atoms with Gasteiger partial charge in [-0.2, -0.15) is 0 Å². The molecule has 2 N–H and O–H groups in total. The molecule has 0 aromatic carbocycles. The number of hydrogen-bond acceptors (Lipinski definition) is 4. The molecule has 5 heteroatoms. The van der Waals surface area contributed by atoms with Crippen LogP contribution >= 0.6 is 0 Å². The second-order valence-electron chi connectivity index (χ2n) is 3.28. The molecule has 5 nitrogen and oxygen atoms in total. The van der Waals surface area contributed by atoms with Crippen molar-refractivity contribution < 1.29 is 14.3 Å². The van der Waals surface area contributed by atoms with Crippen molar-refractivity contribution >= 4 is 5.91 Å². The Kier molecular flexibility index (Phi) is 9.46. The van der Waals surface area contributed by atoms with Crippen LogP contribution in [0.15, 0.2) is 0 Å². The Morgan fingerprint density at radius 2 is 2.07 bits per heavy atom. The number of nitrogens with one attached hydrogen (secondary N) is 2. The molecule has 0 saturated heterocycles. The van der Waals surface area contributed by atoms with Crippen LogP contribution < -0.4 is 10.6 Å². The predicted octanol–water partition coefficient (Wildman–Crippen LogP) is -0.236. The molecule has 90 valence electrons. The summed E-state index contributed by atoms with van der Waals surface area (Å²) in [6.45, 7) is 4.10. The van der Waals surface area contributed by atoms with Gasteiger partial charge in [-0.15, -0.1) is 0 Å². The van der Waals surface area contributed by atoms with Crippen LogP contribution in [0.2, 0.25) is 0 Å². The summed E-state index contributed by atoms with van der Waals surface area (Å²) >= 11 is 0. The molecule has 0 aliphatic heterocycles. The standard InChI is InChI=1S/C10H22N2O3/c1-4-9(8-15-3)12-7-10(13)11-5-6-14-2/h9,12H,4-8H2,1-3H3,(H,11,13). The molecule has 1 unspecified atom stereocenters. The molecule has 0 fully saturated rings. The lowest BCUT2D eigenvalue weighted by Gasteiger charge is -2.15. The van der Waals surface area contributed by atoms with Crippen molar-refractivity contribution in [2.45, 2.75) is 19.4 Å². The van der Waals surface area contributed by atoms with Gasteiger partial charge >= 0.3 is 0 Å². The Hall–Kier alpha value is -0.650. The van der Waals surface area contributed by atoms with E-state index >= 15 is 0 Å². The number of rotatable bonds is 9. The molecule has 0 spiro atoms. The van der Waals surface area contributed by atoms with Gasteiger partial charge in [-0.05, 0) is 6.42 Å². The zero-order valence-corrected chi connectivity index (χ0v) is 9.84. The number of ether oxygens (including phenoxy) is 2. The van der Waals surface area contributed by atoms with Gasteiger partial charge in [0, 0.05) is 26.8 Å². The van der Waals surface area contributed by atoms with Crippen molar-refractivity contribution in [3.63, 3.8) is 0 Å². The molecular formula is C10H22N2O3. The molecule has 0 aromatic heterocycles. The summed E-state index contributed by atoms with van der Waals surface area (Å²) in [4.78, 5) is 11.3. The number of hydrogen-bond donors (Lipinski definition) is 2. The number of carbonyl (C=O) groups is 1. The van der Waals surface area contributed by atoms with Gasteiger partial charge in [-0.1, -0.05) is 6.92 Å². The average Bonchev–Trinajstić information content (AvgIpc) is 2.24. The first-order chi connectivity index (χ1) is 7.24. The summed E-state index contributed by atoms with van der Waals surface area (Å²) in [5.41, 5.74) is 0. The van der Waals surface area contributed by atoms with Crippen LogP contribution in [-0.2, 0) is 14.3 Å². The third kappa shape index (κ3) is 8.35. The Morgan fingerprint density at radius 1 is 1.33 bits per heavy atom. The van der Waals surface area contributed by atoms with Crippen LogP contribution in [-0.4, -0.2) is 52.5 Å². The Labute approximate surface area is 91.5 Å². The lowest BCUT2D eigenvalue weighted by Crippen LogP contribution is -2.41. The normalized spacial score (nSPS) is 12.5. The highest BCUT2D eigenvalue weighted by atomic mass is 16.5. The molecule has 0 rings (SSSR count). The fourth-order valence-corrected chi connectivity index (χ4v) is 1.11. The van der Waals surface area contributed by atoms with Crippen LogP contribution in [0, 0.1) is 0 Å². The smallest absolute Gasteiger partial charge is 0.234 e. The zero-order chi connectivity index (χ0) is 11.5. The van der Waals surface area contributed by atoms with Crippen molar-refractivity contribution in [1.29, 1.82) is 0 Å². The highest BCUT2D eigenvalue weighted by molar-refractivity contribution is 5.77. The van der Waals surface area contributed by atoms with E-state index in [4.69, 9.17) is 9.47 Å². The highest BCUT2D eigenvalue weighted by Gasteiger charge is 2.07. The maximum Gasteiger partial charge on any atom is 0.234 e. The molecule has 0 bridgehead atoms. The van der Waals surface area contributed by atoms with E-state index < -0.39 is 0 Å². The van der Waals surface area contributed by atoms with Crippen LogP contribution in [0.4, 0.5) is 0 Å². The number of methoxy groups -OCH3 is 2. The van der Waals surface area contributed by atoms with Gasteiger partial charge in [0.05, 0.1) is 19.8 Å². The average molecular weight is 218 g/mol. The van der Waals surface area contributed by atoms with E-state index in [2.05, 4.69) is 17.6 Å². The maximum absolute atomic E-state index is 11.3. The topological polar surface area (TPSA) is 59.6 Å². The SMILES string of the molecule is CCC(COC)NCC(=O)NCCOC. The van der Waals surface area contributed by atoms with Crippen LogP contribution in [0.5, 0.6) is 0 Å². The highest BCUT2D eigenvalue weighted by Crippen LogP contribution is 1.90. The molecule has 1 atom stereocenters. The van der Waals surface area contributed by atoms with E-state index in [1.54, 1.807) is 14.2 Å². The summed E-state index contributed by atoms with van der Waals surface area (Å²) in [7, 11) is 3.26. The van der Waals surface area contributed by atoms with E-state index in [1.165, 1.54) is 0 Å². The van der Waals surface area contributed by atoms with E-state index in [0.717, 1.165) is 6.42 Å². The van der Waals surface area contributed by atoms with Gasteiger partial charge in [0.2, 0.25) is 5.91 Å². The molecule has 0 radical (unpaired) electrons. The lowest BCUT2D eigenvalue weighted by atomic mass is 10.2. The molecule has 0 aliphatic rings. The maximum atomic E-state index is 11.3. The summed E-state index contributed by atoms with van der Waals surface area (Å²) in [5, 5.41) is 5.86. The molecule has 0 saturated carbocycles. The summed E-state index contributed by atoms with van der Waals surface area (Å²) in [6.07, 6.45) is 0.944. The van der Waals surface area contributed by atoms with Gasteiger partial charge in [-0.3, -0.25) is 4.79 Å². The summed E-state index contributed by atoms with van der Waals surface area (Å²) in [6, 6.07) is 0.239. The Bertz CT molecular complexity index is 165. The third-order valence-corrected chi connectivity index (χ3v) is 2.04. The summed E-state index contributed by atoms with van der Waals surface area (Å²) < 4.78 is 9.83. The van der Waals surface area contributed by atoms with E-state index in [0.29, 0.717) is 26.3 Å². The molecule has 0 aromatic rings. The predicted molar refractivity (Wildman–Crippen MR) is 58.8 cm³/mol. The fourth-order valence-electron chi connectivity index (χ4n) is 1.11. The first-order valence-corrected chi connectivity index (χ1v) is 5.22. The quantitative estimate of drug-likeness (QED) is 0.525. The van der Waals surface area contributed by atoms with Crippen molar-refractivity contribution in [2.75, 3.05) is 40.5 Å². The third-order valence-electron chi connectivity index (χ3n) is 2.04. The molecular weight excluding hydrogens is 196 g/mol. The van der Waals surface area contributed by atoms with Crippen LogP contribution in [0.25, 0.3) is 0 Å². The van der Waals surface area contributed by atoms with Crippen molar-refractivity contribution in [2.24, 2.45) is 0 Å².